The Morgan fingerprint density at radius 2 is 1.89 bits per heavy atom. The van der Waals surface area contributed by atoms with Crippen molar-refractivity contribution in [2.24, 2.45) is 12.8 Å². The summed E-state index contributed by atoms with van der Waals surface area (Å²) in [5.41, 5.74) is 5.10. The van der Waals surface area contributed by atoms with Crippen molar-refractivity contribution in [1.82, 2.24) is 24.4 Å². The molecular weight excluding hydrogens is 645 g/mol. The average molecular weight is 674 g/mol. The van der Waals surface area contributed by atoms with Gasteiger partial charge in [0.15, 0.2) is 5.69 Å². The van der Waals surface area contributed by atoms with Gasteiger partial charge in [-0.05, 0) is 49.4 Å². The lowest BCUT2D eigenvalue weighted by atomic mass is 9.82. The van der Waals surface area contributed by atoms with Crippen LogP contribution < -0.4 is 16.0 Å². The van der Waals surface area contributed by atoms with E-state index in [1.807, 2.05) is 0 Å². The van der Waals surface area contributed by atoms with Crippen LogP contribution in [-0.4, -0.2) is 70.4 Å². The molecule has 6 rings (SSSR count). The number of rotatable bonds is 5. The summed E-state index contributed by atoms with van der Waals surface area (Å²) in [5, 5.41) is 6.49. The normalized spacial score (nSPS) is 26.4. The third-order valence-corrected chi connectivity index (χ3v) is 11.0. The summed E-state index contributed by atoms with van der Waals surface area (Å²) in [6.45, 7) is 0.671. The van der Waals surface area contributed by atoms with Crippen molar-refractivity contribution in [1.29, 1.82) is 0 Å². The van der Waals surface area contributed by atoms with Gasteiger partial charge in [-0.2, -0.15) is 22.6 Å². The van der Waals surface area contributed by atoms with Gasteiger partial charge in [-0.15, -0.1) is 0 Å². The van der Waals surface area contributed by atoms with Crippen LogP contribution in [0.15, 0.2) is 30.6 Å². The number of alkyl halides is 3. The standard InChI is InChI=1S/C28H29ClF5N7O3S/c1-39-22(9-24(38-39)28(32,33)34)25-17-7-19(30)18(29)8-21(17)41(27(42)26(25)35)23-12-36-11-20(31)16(23)5-4-15-10-37-14-3-2-6-45(43,44)40(15)13-14/h7-9,11-12,14-15,25-26,37H,2-6,10,13,35H2,1H3/t14-,15+,25+,26+/m1/s1. The van der Waals surface area contributed by atoms with Crippen LogP contribution in [0, 0.1) is 11.6 Å². The highest BCUT2D eigenvalue weighted by atomic mass is 35.5. The van der Waals surface area contributed by atoms with E-state index in [0.717, 1.165) is 40.4 Å². The molecule has 1 amide bonds. The molecule has 0 aliphatic carbocycles. The number of piperazine rings is 1. The fraction of sp³-hybridized carbons (Fsp3) is 0.464. The Balaban J connectivity index is 1.41. The lowest BCUT2D eigenvalue weighted by molar-refractivity contribution is -0.141. The van der Waals surface area contributed by atoms with Crippen molar-refractivity contribution in [2.45, 2.75) is 55.9 Å². The Labute approximate surface area is 260 Å². The lowest BCUT2D eigenvalue weighted by Crippen LogP contribution is -2.57. The number of nitrogens with one attached hydrogen (secondary N) is 1. The Kier molecular flexibility index (Phi) is 8.17. The second-order valence-corrected chi connectivity index (χ2v) is 14.0. The minimum atomic E-state index is -4.79. The first-order valence-electron chi connectivity index (χ1n) is 14.2. The van der Waals surface area contributed by atoms with E-state index in [4.69, 9.17) is 17.3 Å². The molecule has 5 heterocycles. The number of nitrogens with zero attached hydrogens (tertiary/aromatic N) is 5. The maximum absolute atomic E-state index is 15.5. The fourth-order valence-electron chi connectivity index (χ4n) is 6.55. The molecule has 3 aromatic rings. The van der Waals surface area contributed by atoms with Crippen molar-refractivity contribution in [2.75, 3.05) is 23.7 Å². The van der Waals surface area contributed by atoms with Gasteiger partial charge in [-0.25, -0.2) is 17.2 Å². The molecule has 2 fully saturated rings. The van der Waals surface area contributed by atoms with Crippen molar-refractivity contribution >= 4 is 38.9 Å². The number of fused-ring (bicyclic) bond motifs is 3. The molecule has 3 N–H and O–H groups in total. The second-order valence-electron chi connectivity index (χ2n) is 11.5. The monoisotopic (exact) mass is 673 g/mol. The number of carbonyl (C=O) groups excluding carboxylic acids is 1. The fourth-order valence-corrected chi connectivity index (χ4v) is 8.51. The number of carbonyl (C=O) groups is 1. The number of hydrogen-bond donors (Lipinski definition) is 2. The summed E-state index contributed by atoms with van der Waals surface area (Å²) in [6, 6.07) is 0.888. The largest absolute Gasteiger partial charge is 0.435 e. The maximum atomic E-state index is 15.5. The van der Waals surface area contributed by atoms with Crippen LogP contribution in [0.2, 0.25) is 5.02 Å². The van der Waals surface area contributed by atoms with E-state index in [0.29, 0.717) is 19.5 Å². The van der Waals surface area contributed by atoms with Crippen molar-refractivity contribution < 1.29 is 35.2 Å². The highest BCUT2D eigenvalue weighted by molar-refractivity contribution is 7.89. The van der Waals surface area contributed by atoms with Crippen LogP contribution in [0.25, 0.3) is 0 Å². The van der Waals surface area contributed by atoms with E-state index in [1.165, 1.54) is 17.5 Å². The van der Waals surface area contributed by atoms with Crippen molar-refractivity contribution in [3.63, 3.8) is 0 Å². The van der Waals surface area contributed by atoms with Gasteiger partial charge in [0.25, 0.3) is 0 Å². The number of hydrogen-bond acceptors (Lipinski definition) is 7. The van der Waals surface area contributed by atoms with Gasteiger partial charge in [0.1, 0.15) is 11.6 Å². The molecule has 2 saturated heterocycles. The molecular formula is C28H29ClF5N7O3S. The molecule has 3 aliphatic rings. The van der Waals surface area contributed by atoms with E-state index in [2.05, 4.69) is 15.4 Å². The molecule has 3 aliphatic heterocycles. The van der Waals surface area contributed by atoms with Crippen LogP contribution >= 0.6 is 11.6 Å². The van der Waals surface area contributed by atoms with Crippen LogP contribution in [0.4, 0.5) is 33.3 Å². The van der Waals surface area contributed by atoms with Crippen LogP contribution in [-0.2, 0) is 34.5 Å². The van der Waals surface area contributed by atoms with Crippen LogP contribution in [0.3, 0.4) is 0 Å². The molecule has 0 saturated carbocycles. The van der Waals surface area contributed by atoms with Gasteiger partial charge in [0.2, 0.25) is 15.9 Å². The molecule has 45 heavy (non-hydrogen) atoms. The number of nitrogens with two attached hydrogens (primary N) is 1. The summed E-state index contributed by atoms with van der Waals surface area (Å²) in [4.78, 5) is 19.0. The predicted molar refractivity (Wildman–Crippen MR) is 154 cm³/mol. The van der Waals surface area contributed by atoms with E-state index >= 15 is 4.39 Å². The van der Waals surface area contributed by atoms with Gasteiger partial charge >= 0.3 is 6.18 Å². The Hall–Kier alpha value is -3.18. The van der Waals surface area contributed by atoms with Gasteiger partial charge in [0.05, 0.1) is 46.5 Å². The third kappa shape index (κ3) is 5.71. The van der Waals surface area contributed by atoms with Gasteiger partial charge in [-0.3, -0.25) is 19.4 Å². The third-order valence-electron chi connectivity index (χ3n) is 8.75. The minimum Gasteiger partial charge on any atom is -0.319 e. The minimum absolute atomic E-state index is 0.00387. The van der Waals surface area contributed by atoms with Crippen LogP contribution in [0.5, 0.6) is 0 Å². The zero-order valence-electron chi connectivity index (χ0n) is 23.9. The number of aromatic nitrogens is 3. The quantitative estimate of drug-likeness (QED) is 0.397. The maximum Gasteiger partial charge on any atom is 0.435 e. The summed E-state index contributed by atoms with van der Waals surface area (Å²) in [7, 11) is -2.26. The summed E-state index contributed by atoms with van der Waals surface area (Å²) in [6.07, 6.45) is -1.14. The molecule has 1 aromatic carbocycles. The van der Waals surface area contributed by atoms with Crippen molar-refractivity contribution in [3.05, 3.63) is 69.8 Å². The molecule has 5 atom stereocenters. The molecule has 242 valence electrons. The van der Waals surface area contributed by atoms with E-state index in [1.54, 1.807) is 0 Å². The highest BCUT2D eigenvalue weighted by Crippen LogP contribution is 2.46. The molecule has 0 spiro atoms. The first-order chi connectivity index (χ1) is 21.2. The first kappa shape index (κ1) is 31.8. The molecule has 2 aromatic heterocycles. The molecule has 10 nitrogen and oxygen atoms in total. The van der Waals surface area contributed by atoms with E-state index in [9.17, 15) is 30.8 Å². The predicted octanol–water partition coefficient (Wildman–Crippen LogP) is 3.60. The zero-order valence-corrected chi connectivity index (χ0v) is 25.4. The average Bonchev–Trinajstić information content (AvgIpc) is 3.31. The summed E-state index contributed by atoms with van der Waals surface area (Å²) < 4.78 is 99.2. The summed E-state index contributed by atoms with van der Waals surface area (Å²) >= 11 is 6.12. The van der Waals surface area contributed by atoms with Crippen molar-refractivity contribution in [3.8, 4) is 0 Å². The topological polar surface area (TPSA) is 126 Å². The number of halogens is 6. The molecule has 0 radical (unpaired) electrons. The van der Waals surface area contributed by atoms with Gasteiger partial charge in [0, 0.05) is 43.5 Å². The highest BCUT2D eigenvalue weighted by Gasteiger charge is 2.45. The molecule has 1 unspecified atom stereocenters. The molecule has 2 bridgehead atoms. The van der Waals surface area contributed by atoms with Crippen LogP contribution in [0.1, 0.15) is 47.7 Å². The number of amides is 1. The second kappa shape index (κ2) is 11.6. The Morgan fingerprint density at radius 3 is 2.60 bits per heavy atom. The Morgan fingerprint density at radius 1 is 1.13 bits per heavy atom. The SMILES string of the molecule is Cn1nc(C(F)(F)F)cc1[C@@H]1c2cc(F)c(Cl)cc2N(c2cncc(F)c2CC[C@H]2CN[C@@H]3CCCS(=O)(=O)N2C3)C(=O)[C@H]1N. The lowest BCUT2D eigenvalue weighted by Gasteiger charge is -2.39. The summed E-state index contributed by atoms with van der Waals surface area (Å²) in [5.74, 6) is -3.74. The smallest absolute Gasteiger partial charge is 0.319 e. The first-order valence-corrected chi connectivity index (χ1v) is 16.2. The van der Waals surface area contributed by atoms with Gasteiger partial charge < -0.3 is 11.1 Å². The zero-order chi connectivity index (χ0) is 32.4. The van der Waals surface area contributed by atoms with E-state index in [-0.39, 0.29) is 57.9 Å². The number of pyridine rings is 1. The van der Waals surface area contributed by atoms with E-state index < -0.39 is 57.4 Å². The van der Waals surface area contributed by atoms with Gasteiger partial charge in [-0.1, -0.05) is 11.6 Å². The number of benzene rings is 1. The molecule has 17 heteroatoms. The number of sulfonamides is 1. The number of aryl methyl sites for hydroxylation is 1. The number of anilines is 2. The Bertz CT molecular complexity index is 1770.